The van der Waals surface area contributed by atoms with Crippen molar-refractivity contribution in [3.8, 4) is 0 Å². The zero-order valence-electron chi connectivity index (χ0n) is 15.2. The van der Waals surface area contributed by atoms with Gasteiger partial charge in [0.25, 0.3) is 5.91 Å². The van der Waals surface area contributed by atoms with Crippen LogP contribution in [0.1, 0.15) is 34.3 Å². The van der Waals surface area contributed by atoms with Gasteiger partial charge in [0, 0.05) is 23.3 Å². The highest BCUT2D eigenvalue weighted by molar-refractivity contribution is 6.12. The first kappa shape index (κ1) is 17.2. The highest BCUT2D eigenvalue weighted by Crippen LogP contribution is 2.21. The van der Waals surface area contributed by atoms with Gasteiger partial charge in [-0.2, -0.15) is 0 Å². The van der Waals surface area contributed by atoms with Gasteiger partial charge in [0.15, 0.2) is 0 Å². The average Bonchev–Trinajstić information content (AvgIpc) is 3.46. The molecule has 2 aromatic carbocycles. The fourth-order valence-corrected chi connectivity index (χ4v) is 3.05. The average molecular weight is 359 g/mol. The Morgan fingerprint density at radius 2 is 1.85 bits per heavy atom. The molecule has 0 spiro atoms. The van der Waals surface area contributed by atoms with Crippen LogP contribution in [0, 0.1) is 6.92 Å². The molecule has 0 unspecified atom stereocenters. The highest BCUT2D eigenvalue weighted by Gasteiger charge is 2.23. The Bertz CT molecular complexity index is 1010. The van der Waals surface area contributed by atoms with E-state index in [0.29, 0.717) is 23.7 Å². The molecule has 0 bridgehead atoms. The van der Waals surface area contributed by atoms with E-state index in [1.54, 1.807) is 12.3 Å². The molecule has 0 atom stereocenters. The Labute approximate surface area is 157 Å². The normalized spacial score (nSPS) is 13.4. The maximum atomic E-state index is 12.7. The number of carbonyl (C=O) groups excluding carboxylic acids is 2. The van der Waals surface area contributed by atoms with Crippen molar-refractivity contribution in [1.82, 2.24) is 10.3 Å². The standard InChI is InChI=1S/C22H21N3O2/c1-14-2-9-20-19(12-14)18(10-11-23-20)22(27)25-17-5-3-15(4-6-17)13-21(26)24-16-7-8-16/h2-6,9-12,16H,7-8,13H2,1H3,(H,24,26)(H,25,27). The third kappa shape index (κ3) is 4.14. The number of anilines is 1. The monoisotopic (exact) mass is 359 g/mol. The van der Waals surface area contributed by atoms with E-state index in [4.69, 9.17) is 0 Å². The van der Waals surface area contributed by atoms with Crippen molar-refractivity contribution in [3.05, 3.63) is 71.4 Å². The molecule has 3 aromatic rings. The fraction of sp³-hybridized carbons (Fsp3) is 0.227. The summed E-state index contributed by atoms with van der Waals surface area (Å²) < 4.78 is 0. The Balaban J connectivity index is 1.46. The summed E-state index contributed by atoms with van der Waals surface area (Å²) >= 11 is 0. The third-order valence-corrected chi connectivity index (χ3v) is 4.66. The van der Waals surface area contributed by atoms with E-state index in [-0.39, 0.29) is 11.8 Å². The number of carbonyl (C=O) groups is 2. The smallest absolute Gasteiger partial charge is 0.256 e. The lowest BCUT2D eigenvalue weighted by atomic mass is 10.1. The number of pyridine rings is 1. The Hall–Kier alpha value is -3.21. The Morgan fingerprint density at radius 3 is 2.59 bits per heavy atom. The molecule has 1 aliphatic carbocycles. The summed E-state index contributed by atoms with van der Waals surface area (Å²) in [7, 11) is 0. The van der Waals surface area contributed by atoms with E-state index in [0.717, 1.165) is 34.9 Å². The maximum Gasteiger partial charge on any atom is 0.256 e. The van der Waals surface area contributed by atoms with Crippen LogP contribution in [0.5, 0.6) is 0 Å². The van der Waals surface area contributed by atoms with Gasteiger partial charge in [-0.05, 0) is 55.7 Å². The van der Waals surface area contributed by atoms with Crippen LogP contribution in [0.25, 0.3) is 10.9 Å². The van der Waals surface area contributed by atoms with Crippen molar-refractivity contribution < 1.29 is 9.59 Å². The van der Waals surface area contributed by atoms with Crippen LogP contribution < -0.4 is 10.6 Å². The van der Waals surface area contributed by atoms with Crippen molar-refractivity contribution in [1.29, 1.82) is 0 Å². The van der Waals surface area contributed by atoms with Gasteiger partial charge in [-0.25, -0.2) is 0 Å². The van der Waals surface area contributed by atoms with Crippen LogP contribution in [-0.4, -0.2) is 22.8 Å². The Kier molecular flexibility index (Phi) is 4.59. The number of fused-ring (bicyclic) bond motifs is 1. The number of aryl methyl sites for hydroxylation is 1. The second-order valence-electron chi connectivity index (χ2n) is 7.05. The van der Waals surface area contributed by atoms with E-state index in [2.05, 4.69) is 15.6 Å². The molecule has 1 saturated carbocycles. The minimum absolute atomic E-state index is 0.0490. The topological polar surface area (TPSA) is 71.1 Å². The molecular weight excluding hydrogens is 338 g/mol. The van der Waals surface area contributed by atoms with E-state index in [1.165, 1.54) is 0 Å². The Morgan fingerprint density at radius 1 is 1.07 bits per heavy atom. The summed E-state index contributed by atoms with van der Waals surface area (Å²) in [5, 5.41) is 6.74. The molecule has 1 aliphatic rings. The van der Waals surface area contributed by atoms with Crippen LogP contribution in [0.3, 0.4) is 0 Å². The molecule has 1 fully saturated rings. The van der Waals surface area contributed by atoms with E-state index in [1.807, 2.05) is 49.4 Å². The van der Waals surface area contributed by atoms with Crippen molar-refractivity contribution in [3.63, 3.8) is 0 Å². The van der Waals surface area contributed by atoms with Gasteiger partial charge in [-0.15, -0.1) is 0 Å². The third-order valence-electron chi connectivity index (χ3n) is 4.66. The second kappa shape index (κ2) is 7.19. The molecule has 0 aliphatic heterocycles. The summed E-state index contributed by atoms with van der Waals surface area (Å²) in [6.45, 7) is 1.99. The molecular formula is C22H21N3O2. The molecule has 27 heavy (non-hydrogen) atoms. The molecule has 5 heteroatoms. The largest absolute Gasteiger partial charge is 0.353 e. The molecule has 4 rings (SSSR count). The van der Waals surface area contributed by atoms with Gasteiger partial charge in [0.2, 0.25) is 5.91 Å². The van der Waals surface area contributed by atoms with Crippen LogP contribution in [0.2, 0.25) is 0 Å². The number of benzene rings is 2. The number of nitrogens with zero attached hydrogens (tertiary/aromatic N) is 1. The van der Waals surface area contributed by atoms with Crippen LogP contribution in [-0.2, 0) is 11.2 Å². The predicted molar refractivity (Wildman–Crippen MR) is 106 cm³/mol. The van der Waals surface area contributed by atoms with Gasteiger partial charge in [0.1, 0.15) is 0 Å². The molecule has 0 radical (unpaired) electrons. The molecule has 1 aromatic heterocycles. The number of rotatable bonds is 5. The number of hydrogen-bond donors (Lipinski definition) is 2. The lowest BCUT2D eigenvalue weighted by Gasteiger charge is -2.09. The fourth-order valence-electron chi connectivity index (χ4n) is 3.05. The number of hydrogen-bond acceptors (Lipinski definition) is 3. The number of aromatic nitrogens is 1. The lowest BCUT2D eigenvalue weighted by molar-refractivity contribution is -0.120. The van der Waals surface area contributed by atoms with Crippen LogP contribution in [0.15, 0.2) is 54.7 Å². The summed E-state index contributed by atoms with van der Waals surface area (Å²) in [4.78, 5) is 28.9. The number of amides is 2. The maximum absolute atomic E-state index is 12.7. The van der Waals surface area contributed by atoms with Crippen molar-refractivity contribution >= 4 is 28.4 Å². The van der Waals surface area contributed by atoms with Crippen molar-refractivity contribution in [2.45, 2.75) is 32.2 Å². The molecule has 2 N–H and O–H groups in total. The lowest BCUT2D eigenvalue weighted by Crippen LogP contribution is -2.26. The van der Waals surface area contributed by atoms with Gasteiger partial charge < -0.3 is 10.6 Å². The summed E-state index contributed by atoms with van der Waals surface area (Å²) in [5.74, 6) is -0.125. The summed E-state index contributed by atoms with van der Waals surface area (Å²) in [6, 6.07) is 15.4. The van der Waals surface area contributed by atoms with Crippen LogP contribution in [0.4, 0.5) is 5.69 Å². The van der Waals surface area contributed by atoms with E-state index < -0.39 is 0 Å². The van der Waals surface area contributed by atoms with Crippen molar-refractivity contribution in [2.24, 2.45) is 0 Å². The van der Waals surface area contributed by atoms with E-state index >= 15 is 0 Å². The minimum atomic E-state index is -0.174. The SMILES string of the molecule is Cc1ccc2nccc(C(=O)Nc3ccc(CC(=O)NC4CC4)cc3)c2c1. The molecule has 5 nitrogen and oxygen atoms in total. The van der Waals surface area contributed by atoms with Crippen LogP contribution >= 0.6 is 0 Å². The first-order valence-corrected chi connectivity index (χ1v) is 9.13. The zero-order chi connectivity index (χ0) is 18.8. The highest BCUT2D eigenvalue weighted by atomic mass is 16.2. The van der Waals surface area contributed by atoms with Gasteiger partial charge in [-0.1, -0.05) is 23.8 Å². The van der Waals surface area contributed by atoms with Gasteiger partial charge in [-0.3, -0.25) is 14.6 Å². The summed E-state index contributed by atoms with van der Waals surface area (Å²) in [5.41, 5.74) is 4.10. The zero-order valence-corrected chi connectivity index (χ0v) is 15.2. The number of nitrogens with one attached hydrogen (secondary N) is 2. The summed E-state index contributed by atoms with van der Waals surface area (Å²) in [6.07, 6.45) is 4.17. The molecule has 1 heterocycles. The minimum Gasteiger partial charge on any atom is -0.353 e. The first-order valence-electron chi connectivity index (χ1n) is 9.13. The van der Waals surface area contributed by atoms with Gasteiger partial charge >= 0.3 is 0 Å². The molecule has 0 saturated heterocycles. The van der Waals surface area contributed by atoms with Crippen molar-refractivity contribution in [2.75, 3.05) is 5.32 Å². The molecule has 2 amide bonds. The van der Waals surface area contributed by atoms with Gasteiger partial charge in [0.05, 0.1) is 17.5 Å². The predicted octanol–water partition coefficient (Wildman–Crippen LogP) is 3.62. The first-order chi connectivity index (χ1) is 13.1. The molecule has 136 valence electrons. The second-order valence-corrected chi connectivity index (χ2v) is 7.05. The quantitative estimate of drug-likeness (QED) is 0.731. The van der Waals surface area contributed by atoms with E-state index in [9.17, 15) is 9.59 Å².